The second-order valence-corrected chi connectivity index (χ2v) is 2.84. The third-order valence-corrected chi connectivity index (χ3v) is 2.22. The third kappa shape index (κ3) is 1.21. The van der Waals surface area contributed by atoms with E-state index in [9.17, 15) is 4.79 Å². The van der Waals surface area contributed by atoms with E-state index in [-0.39, 0.29) is 36.3 Å². The molecule has 0 radical (unpaired) electrons. The number of ether oxygens (including phenoxy) is 1. The highest BCUT2D eigenvalue weighted by atomic mass is 35.5. The molecule has 0 aromatic heterocycles. The van der Waals surface area contributed by atoms with E-state index in [1.807, 2.05) is 0 Å². The summed E-state index contributed by atoms with van der Waals surface area (Å²) < 4.78 is 5.14. The molecule has 2 saturated heterocycles. The monoisotopic (exact) mass is 178 g/mol. The van der Waals surface area contributed by atoms with Crippen LogP contribution in [0.4, 0.5) is 0 Å². The SMILES string of the molecule is Cl.N[C@H]1C(=O)N[C@@H]2COC[C@@H]21. The number of carbonyl (C=O) groups is 1. The maximum Gasteiger partial charge on any atom is 0.237 e. The molecule has 5 heteroatoms. The lowest BCUT2D eigenvalue weighted by molar-refractivity contribution is -0.121. The summed E-state index contributed by atoms with van der Waals surface area (Å²) >= 11 is 0. The minimum absolute atomic E-state index is 0. The summed E-state index contributed by atoms with van der Waals surface area (Å²) in [4.78, 5) is 10.9. The molecular formula is C6H11ClN2O2. The zero-order chi connectivity index (χ0) is 7.14. The van der Waals surface area contributed by atoms with Gasteiger partial charge in [-0.25, -0.2) is 0 Å². The standard InChI is InChI=1S/C6H10N2O2.ClH/c7-5-3-1-10-2-4(3)8-6(5)9;/h3-5H,1-2,7H2,(H,8,9);1H/t3-,4+,5+;/m0./s1. The van der Waals surface area contributed by atoms with Crippen molar-refractivity contribution in [2.45, 2.75) is 12.1 Å². The summed E-state index contributed by atoms with van der Waals surface area (Å²) in [5.74, 6) is 0.186. The van der Waals surface area contributed by atoms with Gasteiger partial charge in [0.25, 0.3) is 0 Å². The first kappa shape index (κ1) is 8.77. The van der Waals surface area contributed by atoms with Crippen LogP contribution in [0.3, 0.4) is 0 Å². The molecule has 0 aromatic rings. The predicted octanol–water partition coefficient (Wildman–Crippen LogP) is -1.12. The van der Waals surface area contributed by atoms with Crippen LogP contribution in [-0.2, 0) is 9.53 Å². The van der Waals surface area contributed by atoms with Crippen LogP contribution in [-0.4, -0.2) is 31.2 Å². The number of carbonyl (C=O) groups excluding carboxylic acids is 1. The second-order valence-electron chi connectivity index (χ2n) is 2.84. The van der Waals surface area contributed by atoms with Crippen molar-refractivity contribution in [3.05, 3.63) is 0 Å². The lowest BCUT2D eigenvalue weighted by Gasteiger charge is -2.05. The lowest BCUT2D eigenvalue weighted by atomic mass is 10.0. The average Bonchev–Trinajstić information content (AvgIpc) is 2.41. The van der Waals surface area contributed by atoms with Gasteiger partial charge in [-0.3, -0.25) is 4.79 Å². The molecule has 3 N–H and O–H groups in total. The number of halogens is 1. The Labute approximate surface area is 70.9 Å². The van der Waals surface area contributed by atoms with Crippen molar-refractivity contribution in [3.8, 4) is 0 Å². The van der Waals surface area contributed by atoms with Gasteiger partial charge in [0.1, 0.15) is 0 Å². The van der Waals surface area contributed by atoms with Gasteiger partial charge in [-0.1, -0.05) is 0 Å². The Hall–Kier alpha value is -0.320. The van der Waals surface area contributed by atoms with Crippen LogP contribution in [0.1, 0.15) is 0 Å². The smallest absolute Gasteiger partial charge is 0.237 e. The van der Waals surface area contributed by atoms with E-state index in [4.69, 9.17) is 10.5 Å². The van der Waals surface area contributed by atoms with Crippen molar-refractivity contribution >= 4 is 18.3 Å². The van der Waals surface area contributed by atoms with Crippen LogP contribution in [0.15, 0.2) is 0 Å². The van der Waals surface area contributed by atoms with Crippen LogP contribution >= 0.6 is 12.4 Å². The predicted molar refractivity (Wildman–Crippen MR) is 41.5 cm³/mol. The first-order valence-corrected chi connectivity index (χ1v) is 3.43. The Bertz CT molecular complexity index is 176. The van der Waals surface area contributed by atoms with E-state index in [1.54, 1.807) is 0 Å². The first-order valence-electron chi connectivity index (χ1n) is 3.43. The van der Waals surface area contributed by atoms with Crippen molar-refractivity contribution in [3.63, 3.8) is 0 Å². The number of hydrogen-bond donors (Lipinski definition) is 2. The molecule has 0 unspecified atom stereocenters. The van der Waals surface area contributed by atoms with Gasteiger partial charge in [0.15, 0.2) is 0 Å². The molecule has 11 heavy (non-hydrogen) atoms. The molecule has 4 nitrogen and oxygen atoms in total. The van der Waals surface area contributed by atoms with Crippen LogP contribution in [0.25, 0.3) is 0 Å². The van der Waals surface area contributed by atoms with Gasteiger partial charge in [0.05, 0.1) is 25.3 Å². The second kappa shape index (κ2) is 2.97. The molecule has 0 saturated carbocycles. The van der Waals surface area contributed by atoms with E-state index in [1.165, 1.54) is 0 Å². The van der Waals surface area contributed by atoms with Crippen molar-refractivity contribution in [1.82, 2.24) is 5.32 Å². The third-order valence-electron chi connectivity index (χ3n) is 2.22. The van der Waals surface area contributed by atoms with Gasteiger partial charge < -0.3 is 15.8 Å². The minimum atomic E-state index is -0.340. The minimum Gasteiger partial charge on any atom is -0.379 e. The van der Waals surface area contributed by atoms with Crippen LogP contribution in [0, 0.1) is 5.92 Å². The zero-order valence-corrected chi connectivity index (χ0v) is 6.76. The quantitative estimate of drug-likeness (QED) is 0.494. The van der Waals surface area contributed by atoms with E-state index in [0.29, 0.717) is 13.2 Å². The number of amides is 1. The number of nitrogens with two attached hydrogens (primary N) is 1. The molecule has 2 aliphatic heterocycles. The Morgan fingerprint density at radius 1 is 1.55 bits per heavy atom. The molecule has 64 valence electrons. The van der Waals surface area contributed by atoms with Crippen molar-refractivity contribution in [2.24, 2.45) is 11.7 Å². The van der Waals surface area contributed by atoms with Crippen LogP contribution in [0.2, 0.25) is 0 Å². The van der Waals surface area contributed by atoms with Crippen LogP contribution < -0.4 is 11.1 Å². The van der Waals surface area contributed by atoms with E-state index in [0.717, 1.165) is 0 Å². The Morgan fingerprint density at radius 3 is 2.91 bits per heavy atom. The molecule has 0 aliphatic carbocycles. The van der Waals surface area contributed by atoms with Crippen molar-refractivity contribution < 1.29 is 9.53 Å². The maximum absolute atomic E-state index is 10.9. The molecular weight excluding hydrogens is 168 g/mol. The van der Waals surface area contributed by atoms with Gasteiger partial charge in [-0.05, 0) is 0 Å². The average molecular weight is 179 g/mol. The highest BCUT2D eigenvalue weighted by Crippen LogP contribution is 2.21. The largest absolute Gasteiger partial charge is 0.379 e. The fraction of sp³-hybridized carbons (Fsp3) is 0.833. The van der Waals surface area contributed by atoms with Crippen molar-refractivity contribution in [1.29, 1.82) is 0 Å². The highest BCUT2D eigenvalue weighted by molar-refractivity contribution is 5.85. The van der Waals surface area contributed by atoms with E-state index < -0.39 is 0 Å². The summed E-state index contributed by atoms with van der Waals surface area (Å²) in [5.41, 5.74) is 5.57. The molecule has 2 rings (SSSR count). The van der Waals surface area contributed by atoms with Gasteiger partial charge in [0, 0.05) is 5.92 Å². The molecule has 2 heterocycles. The summed E-state index contributed by atoms with van der Waals surface area (Å²) in [6, 6.07) is -0.157. The molecule has 2 aliphatic rings. The number of nitrogens with one attached hydrogen (secondary N) is 1. The molecule has 2 fully saturated rings. The van der Waals surface area contributed by atoms with Gasteiger partial charge in [-0.2, -0.15) is 0 Å². The number of hydrogen-bond acceptors (Lipinski definition) is 3. The van der Waals surface area contributed by atoms with Gasteiger partial charge in [-0.15, -0.1) is 12.4 Å². The maximum atomic E-state index is 10.9. The Balaban J connectivity index is 0.000000605. The Morgan fingerprint density at radius 2 is 2.27 bits per heavy atom. The molecule has 3 atom stereocenters. The number of rotatable bonds is 0. The fourth-order valence-electron chi connectivity index (χ4n) is 1.55. The van der Waals surface area contributed by atoms with Crippen LogP contribution in [0.5, 0.6) is 0 Å². The fourth-order valence-corrected chi connectivity index (χ4v) is 1.55. The van der Waals surface area contributed by atoms with E-state index in [2.05, 4.69) is 5.32 Å². The Kier molecular flexibility index (Phi) is 2.37. The zero-order valence-electron chi connectivity index (χ0n) is 5.95. The summed E-state index contributed by atoms with van der Waals surface area (Å²) in [6.45, 7) is 1.26. The van der Waals surface area contributed by atoms with E-state index >= 15 is 0 Å². The summed E-state index contributed by atoms with van der Waals surface area (Å²) in [6.07, 6.45) is 0. The highest BCUT2D eigenvalue weighted by Gasteiger charge is 2.43. The molecule has 0 bridgehead atoms. The van der Waals surface area contributed by atoms with Gasteiger partial charge in [0.2, 0.25) is 5.91 Å². The van der Waals surface area contributed by atoms with Crippen molar-refractivity contribution in [2.75, 3.05) is 13.2 Å². The van der Waals surface area contributed by atoms with Gasteiger partial charge >= 0.3 is 0 Å². The summed E-state index contributed by atoms with van der Waals surface area (Å²) in [7, 11) is 0. The lowest BCUT2D eigenvalue weighted by Crippen LogP contribution is -2.35. The number of fused-ring (bicyclic) bond motifs is 1. The topological polar surface area (TPSA) is 64.4 Å². The first-order chi connectivity index (χ1) is 4.79. The summed E-state index contributed by atoms with van der Waals surface area (Å²) in [5, 5.41) is 2.78. The molecule has 0 spiro atoms. The normalized spacial score (nSPS) is 41.2. The molecule has 1 amide bonds. The molecule has 0 aromatic carbocycles.